The van der Waals surface area contributed by atoms with Gasteiger partial charge in [-0.25, -0.2) is 0 Å². The second-order valence-corrected chi connectivity index (χ2v) is 5.02. The summed E-state index contributed by atoms with van der Waals surface area (Å²) in [6.07, 6.45) is 0. The average molecular weight is 274 g/mol. The number of aryl methyl sites for hydroxylation is 2. The standard InChI is InChI=1S/C14H18N4O2/c1-8(2)14-17-12(18-20-14)7-15-13(19)11-5-9(3)16-10(4)6-11/h5-6,8H,7H2,1-4H3,(H,15,19). The van der Waals surface area contributed by atoms with Gasteiger partial charge in [0.05, 0.1) is 6.54 Å². The monoisotopic (exact) mass is 274 g/mol. The highest BCUT2D eigenvalue weighted by Crippen LogP contribution is 2.11. The van der Waals surface area contributed by atoms with Crippen molar-refractivity contribution in [2.45, 2.75) is 40.2 Å². The van der Waals surface area contributed by atoms with Gasteiger partial charge in [0.2, 0.25) is 5.89 Å². The number of hydrogen-bond donors (Lipinski definition) is 1. The predicted molar refractivity (Wildman–Crippen MR) is 73.3 cm³/mol. The van der Waals surface area contributed by atoms with E-state index in [4.69, 9.17) is 4.52 Å². The van der Waals surface area contributed by atoms with Gasteiger partial charge in [0.1, 0.15) is 0 Å². The molecule has 2 rings (SSSR count). The smallest absolute Gasteiger partial charge is 0.251 e. The first-order chi connectivity index (χ1) is 9.45. The van der Waals surface area contributed by atoms with Crippen LogP contribution in [0.3, 0.4) is 0 Å². The SMILES string of the molecule is Cc1cc(C(=O)NCc2noc(C(C)C)n2)cc(C)n1. The second kappa shape index (κ2) is 5.81. The Hall–Kier alpha value is -2.24. The van der Waals surface area contributed by atoms with Crippen molar-refractivity contribution in [3.8, 4) is 0 Å². The molecule has 0 saturated carbocycles. The van der Waals surface area contributed by atoms with Crippen molar-refractivity contribution in [3.63, 3.8) is 0 Å². The molecule has 20 heavy (non-hydrogen) atoms. The highest BCUT2D eigenvalue weighted by atomic mass is 16.5. The molecule has 6 nitrogen and oxygen atoms in total. The van der Waals surface area contributed by atoms with Crippen LogP contribution in [0.25, 0.3) is 0 Å². The van der Waals surface area contributed by atoms with E-state index in [1.165, 1.54) is 0 Å². The Kier molecular flexibility index (Phi) is 4.12. The third-order valence-corrected chi connectivity index (χ3v) is 2.73. The van der Waals surface area contributed by atoms with Crippen molar-refractivity contribution < 1.29 is 9.32 Å². The lowest BCUT2D eigenvalue weighted by Crippen LogP contribution is -2.23. The average Bonchev–Trinajstić information content (AvgIpc) is 2.83. The zero-order chi connectivity index (χ0) is 14.7. The molecule has 0 radical (unpaired) electrons. The summed E-state index contributed by atoms with van der Waals surface area (Å²) in [5, 5.41) is 6.60. The Morgan fingerprint density at radius 2 is 1.90 bits per heavy atom. The number of carbonyl (C=O) groups is 1. The molecule has 2 aromatic heterocycles. The molecular formula is C14H18N4O2. The molecule has 1 N–H and O–H groups in total. The van der Waals surface area contributed by atoms with Crippen molar-refractivity contribution >= 4 is 5.91 Å². The van der Waals surface area contributed by atoms with Gasteiger partial charge in [-0.1, -0.05) is 19.0 Å². The van der Waals surface area contributed by atoms with Crippen molar-refractivity contribution in [3.05, 3.63) is 40.8 Å². The van der Waals surface area contributed by atoms with Gasteiger partial charge in [0, 0.05) is 22.9 Å². The van der Waals surface area contributed by atoms with E-state index in [1.807, 2.05) is 27.7 Å². The van der Waals surface area contributed by atoms with E-state index in [1.54, 1.807) is 12.1 Å². The Labute approximate surface area is 117 Å². The largest absolute Gasteiger partial charge is 0.345 e. The predicted octanol–water partition coefficient (Wildman–Crippen LogP) is 2.13. The number of nitrogens with zero attached hydrogens (tertiary/aromatic N) is 3. The maximum atomic E-state index is 12.0. The first kappa shape index (κ1) is 14.2. The zero-order valence-electron chi connectivity index (χ0n) is 12.1. The second-order valence-electron chi connectivity index (χ2n) is 5.02. The molecule has 0 aliphatic rings. The van der Waals surface area contributed by atoms with E-state index in [-0.39, 0.29) is 18.4 Å². The molecule has 0 unspecified atom stereocenters. The normalized spacial score (nSPS) is 10.8. The summed E-state index contributed by atoms with van der Waals surface area (Å²) in [4.78, 5) is 20.5. The van der Waals surface area contributed by atoms with E-state index in [2.05, 4.69) is 20.4 Å². The van der Waals surface area contributed by atoms with Gasteiger partial charge in [-0.15, -0.1) is 0 Å². The minimum atomic E-state index is -0.172. The van der Waals surface area contributed by atoms with Gasteiger partial charge >= 0.3 is 0 Å². The molecule has 0 bridgehead atoms. The van der Waals surface area contributed by atoms with Gasteiger partial charge in [-0.2, -0.15) is 4.98 Å². The van der Waals surface area contributed by atoms with Crippen LogP contribution in [0.4, 0.5) is 0 Å². The van der Waals surface area contributed by atoms with Crippen molar-refractivity contribution in [1.29, 1.82) is 0 Å². The van der Waals surface area contributed by atoms with Crippen LogP contribution < -0.4 is 5.32 Å². The molecular weight excluding hydrogens is 256 g/mol. The Bertz CT molecular complexity index is 599. The fraction of sp³-hybridized carbons (Fsp3) is 0.429. The van der Waals surface area contributed by atoms with Crippen LogP contribution in [0.5, 0.6) is 0 Å². The number of hydrogen-bond acceptors (Lipinski definition) is 5. The summed E-state index contributed by atoms with van der Waals surface area (Å²) < 4.78 is 5.08. The van der Waals surface area contributed by atoms with E-state index >= 15 is 0 Å². The van der Waals surface area contributed by atoms with Gasteiger partial charge in [0.25, 0.3) is 5.91 Å². The topological polar surface area (TPSA) is 80.9 Å². The maximum Gasteiger partial charge on any atom is 0.251 e. The molecule has 0 saturated heterocycles. The van der Waals surface area contributed by atoms with Gasteiger partial charge in [-0.3, -0.25) is 9.78 Å². The van der Waals surface area contributed by atoms with Crippen LogP contribution in [-0.4, -0.2) is 21.0 Å². The van der Waals surface area contributed by atoms with Crippen molar-refractivity contribution in [2.24, 2.45) is 0 Å². The molecule has 2 heterocycles. The van der Waals surface area contributed by atoms with E-state index in [0.29, 0.717) is 17.3 Å². The summed E-state index contributed by atoms with van der Waals surface area (Å²) in [7, 11) is 0. The molecule has 0 spiro atoms. The fourth-order valence-corrected chi connectivity index (χ4v) is 1.80. The first-order valence-corrected chi connectivity index (χ1v) is 6.51. The molecule has 0 aliphatic heterocycles. The first-order valence-electron chi connectivity index (χ1n) is 6.51. The molecule has 6 heteroatoms. The highest BCUT2D eigenvalue weighted by molar-refractivity contribution is 5.94. The van der Waals surface area contributed by atoms with Gasteiger partial charge < -0.3 is 9.84 Å². The summed E-state index contributed by atoms with van der Waals surface area (Å²) in [6.45, 7) is 7.90. The Balaban J connectivity index is 2.00. The van der Waals surface area contributed by atoms with Crippen LogP contribution in [0, 0.1) is 13.8 Å². The minimum Gasteiger partial charge on any atom is -0.345 e. The van der Waals surface area contributed by atoms with E-state index in [9.17, 15) is 4.79 Å². The third-order valence-electron chi connectivity index (χ3n) is 2.73. The lowest BCUT2D eigenvalue weighted by Gasteiger charge is -2.04. The van der Waals surface area contributed by atoms with Crippen molar-refractivity contribution in [1.82, 2.24) is 20.4 Å². The van der Waals surface area contributed by atoms with E-state index < -0.39 is 0 Å². The number of carbonyl (C=O) groups excluding carboxylic acids is 1. The molecule has 0 aliphatic carbocycles. The molecule has 106 valence electrons. The maximum absolute atomic E-state index is 12.0. The molecule has 1 amide bonds. The summed E-state index contributed by atoms with van der Waals surface area (Å²) in [6, 6.07) is 3.50. The van der Waals surface area contributed by atoms with Crippen LogP contribution in [-0.2, 0) is 6.54 Å². The number of nitrogens with one attached hydrogen (secondary N) is 1. The third kappa shape index (κ3) is 3.40. The lowest BCUT2D eigenvalue weighted by atomic mass is 10.2. The number of pyridine rings is 1. The van der Waals surface area contributed by atoms with Crippen molar-refractivity contribution in [2.75, 3.05) is 0 Å². The lowest BCUT2D eigenvalue weighted by molar-refractivity contribution is 0.0949. The number of amides is 1. The fourth-order valence-electron chi connectivity index (χ4n) is 1.80. The Morgan fingerprint density at radius 3 is 2.45 bits per heavy atom. The van der Waals surface area contributed by atoms with Crippen LogP contribution >= 0.6 is 0 Å². The highest BCUT2D eigenvalue weighted by Gasteiger charge is 2.12. The van der Waals surface area contributed by atoms with Gasteiger partial charge in [-0.05, 0) is 26.0 Å². The van der Waals surface area contributed by atoms with Crippen LogP contribution in [0.2, 0.25) is 0 Å². The number of aromatic nitrogens is 3. The minimum absolute atomic E-state index is 0.172. The summed E-state index contributed by atoms with van der Waals surface area (Å²) in [5.74, 6) is 1.06. The molecule has 0 aromatic carbocycles. The summed E-state index contributed by atoms with van der Waals surface area (Å²) >= 11 is 0. The van der Waals surface area contributed by atoms with Gasteiger partial charge in [0.15, 0.2) is 5.82 Å². The Morgan fingerprint density at radius 1 is 1.25 bits per heavy atom. The molecule has 0 atom stereocenters. The quantitative estimate of drug-likeness (QED) is 0.923. The van der Waals surface area contributed by atoms with Crippen LogP contribution in [0.15, 0.2) is 16.7 Å². The van der Waals surface area contributed by atoms with Crippen LogP contribution in [0.1, 0.15) is 53.2 Å². The number of rotatable bonds is 4. The molecule has 0 fully saturated rings. The van der Waals surface area contributed by atoms with E-state index in [0.717, 1.165) is 11.4 Å². The summed E-state index contributed by atoms with van der Waals surface area (Å²) in [5.41, 5.74) is 2.22. The zero-order valence-corrected chi connectivity index (χ0v) is 12.1. The molecule has 2 aromatic rings.